The van der Waals surface area contributed by atoms with Crippen LogP contribution in [0.25, 0.3) is 97.1 Å². The molecule has 3 heteroatoms. The summed E-state index contributed by atoms with van der Waals surface area (Å²) in [6.45, 7) is 0. The molecule has 3 aromatic heterocycles. The standard InChI is InChI=1S/C46H28N2S/c1-3-11-32(12-4-1)47-40-17-9-7-15-34(40)38-27-30(21-25-41(38)47)31-22-26-42-39(28-31)36-23-19-29-20-24-37-35-16-8-10-18-43(35)49-46(37)44(29)45(36)48(42)33-13-5-2-6-14-33/h1-28H. The molecule has 0 aliphatic heterocycles. The van der Waals surface area contributed by atoms with E-state index in [-0.39, 0.29) is 0 Å². The first-order valence-electron chi connectivity index (χ1n) is 16.8. The topological polar surface area (TPSA) is 9.86 Å². The van der Waals surface area contributed by atoms with Gasteiger partial charge >= 0.3 is 0 Å². The minimum absolute atomic E-state index is 1.18. The molecule has 49 heavy (non-hydrogen) atoms. The third kappa shape index (κ3) is 3.82. The second kappa shape index (κ2) is 10.2. The van der Waals surface area contributed by atoms with E-state index in [1.807, 2.05) is 11.3 Å². The summed E-state index contributed by atoms with van der Waals surface area (Å²) in [5, 5.41) is 10.3. The molecule has 0 aliphatic carbocycles. The number of para-hydroxylation sites is 3. The summed E-state index contributed by atoms with van der Waals surface area (Å²) in [5.74, 6) is 0. The van der Waals surface area contributed by atoms with Crippen molar-refractivity contribution in [2.45, 2.75) is 0 Å². The lowest BCUT2D eigenvalue weighted by atomic mass is 9.99. The number of thiophene rings is 1. The third-order valence-electron chi connectivity index (χ3n) is 10.3. The molecule has 0 bridgehead atoms. The molecule has 228 valence electrons. The fourth-order valence-corrected chi connectivity index (χ4v) is 9.38. The lowest BCUT2D eigenvalue weighted by molar-refractivity contribution is 1.18. The molecule has 0 amide bonds. The van der Waals surface area contributed by atoms with Gasteiger partial charge in [-0.05, 0) is 77.2 Å². The van der Waals surface area contributed by atoms with Gasteiger partial charge in [0, 0.05) is 58.5 Å². The van der Waals surface area contributed by atoms with Crippen LogP contribution in [-0.2, 0) is 0 Å². The van der Waals surface area contributed by atoms with Gasteiger partial charge in [-0.15, -0.1) is 11.3 Å². The number of aromatic nitrogens is 2. The van der Waals surface area contributed by atoms with E-state index in [4.69, 9.17) is 0 Å². The van der Waals surface area contributed by atoms with Crippen molar-refractivity contribution in [2.24, 2.45) is 0 Å². The van der Waals surface area contributed by atoms with Gasteiger partial charge in [-0.3, -0.25) is 0 Å². The first-order valence-corrected chi connectivity index (χ1v) is 17.6. The quantitative estimate of drug-likeness (QED) is 0.182. The highest BCUT2D eigenvalue weighted by atomic mass is 32.1. The Morgan fingerprint density at radius 1 is 0.367 bits per heavy atom. The van der Waals surface area contributed by atoms with Crippen molar-refractivity contribution in [2.75, 3.05) is 0 Å². The highest BCUT2D eigenvalue weighted by Crippen LogP contribution is 2.45. The SMILES string of the molecule is c1ccc(-n2c3ccccc3c3cc(-c4ccc5c(c4)c4ccc6ccc7c8ccccc8sc7c6c4n5-c4ccccc4)ccc32)cc1. The fraction of sp³-hybridized carbons (Fsp3) is 0. The molecule has 3 heterocycles. The molecular formula is C46H28N2S. The number of fused-ring (bicyclic) bond motifs is 12. The highest BCUT2D eigenvalue weighted by Gasteiger charge is 2.20. The zero-order chi connectivity index (χ0) is 32.1. The molecule has 0 saturated heterocycles. The zero-order valence-electron chi connectivity index (χ0n) is 26.5. The maximum atomic E-state index is 2.48. The number of nitrogens with zero attached hydrogens (tertiary/aromatic N) is 2. The fourth-order valence-electron chi connectivity index (χ4n) is 8.12. The molecule has 0 aliphatic rings. The molecule has 2 nitrogen and oxygen atoms in total. The van der Waals surface area contributed by atoms with Crippen LogP contribution in [0.15, 0.2) is 170 Å². The van der Waals surface area contributed by atoms with Gasteiger partial charge in [0.1, 0.15) is 0 Å². The molecule has 11 aromatic rings. The minimum atomic E-state index is 1.18. The highest BCUT2D eigenvalue weighted by molar-refractivity contribution is 7.26. The number of benzene rings is 8. The molecule has 0 atom stereocenters. The summed E-state index contributed by atoms with van der Waals surface area (Å²) < 4.78 is 7.54. The van der Waals surface area contributed by atoms with Gasteiger partial charge in [-0.1, -0.05) is 109 Å². The Bertz CT molecular complexity index is 3090. The zero-order valence-corrected chi connectivity index (χ0v) is 27.3. The molecule has 11 rings (SSSR count). The van der Waals surface area contributed by atoms with Crippen molar-refractivity contribution >= 4 is 85.9 Å². The van der Waals surface area contributed by atoms with Crippen molar-refractivity contribution in [3.8, 4) is 22.5 Å². The largest absolute Gasteiger partial charge is 0.309 e. The molecule has 0 spiro atoms. The molecule has 0 N–H and O–H groups in total. The van der Waals surface area contributed by atoms with Crippen LogP contribution in [0.3, 0.4) is 0 Å². The first kappa shape index (κ1) is 26.9. The summed E-state index contributed by atoms with van der Waals surface area (Å²) in [6.07, 6.45) is 0. The van der Waals surface area contributed by atoms with E-state index in [1.165, 1.54) is 97.1 Å². The van der Waals surface area contributed by atoms with Gasteiger partial charge in [0.15, 0.2) is 0 Å². The van der Waals surface area contributed by atoms with Crippen LogP contribution in [0, 0.1) is 0 Å². The average Bonchev–Trinajstić information content (AvgIpc) is 3.82. The Morgan fingerprint density at radius 2 is 0.918 bits per heavy atom. The van der Waals surface area contributed by atoms with Gasteiger partial charge in [-0.2, -0.15) is 0 Å². The van der Waals surface area contributed by atoms with Gasteiger partial charge < -0.3 is 9.13 Å². The summed E-state index contributed by atoms with van der Waals surface area (Å²) in [6, 6.07) is 62.3. The van der Waals surface area contributed by atoms with E-state index in [2.05, 4.69) is 179 Å². The van der Waals surface area contributed by atoms with Gasteiger partial charge in [-0.25, -0.2) is 0 Å². The van der Waals surface area contributed by atoms with Crippen LogP contribution in [0.5, 0.6) is 0 Å². The Kier molecular flexibility index (Phi) is 5.57. The normalized spacial score (nSPS) is 12.1. The predicted octanol–water partition coefficient (Wildman–Crippen LogP) is 13.1. The number of hydrogen-bond acceptors (Lipinski definition) is 1. The van der Waals surface area contributed by atoms with E-state index >= 15 is 0 Å². The van der Waals surface area contributed by atoms with Gasteiger partial charge in [0.25, 0.3) is 0 Å². The Morgan fingerprint density at radius 3 is 1.65 bits per heavy atom. The minimum Gasteiger partial charge on any atom is -0.309 e. The van der Waals surface area contributed by atoms with E-state index < -0.39 is 0 Å². The Balaban J connectivity index is 1.20. The molecule has 0 radical (unpaired) electrons. The molecular weight excluding hydrogens is 613 g/mol. The Labute approximate surface area is 286 Å². The summed E-state index contributed by atoms with van der Waals surface area (Å²) in [4.78, 5) is 0. The number of hydrogen-bond donors (Lipinski definition) is 0. The van der Waals surface area contributed by atoms with E-state index in [0.717, 1.165) is 0 Å². The first-order chi connectivity index (χ1) is 24.3. The lowest BCUT2D eigenvalue weighted by Gasteiger charge is -2.11. The predicted molar refractivity (Wildman–Crippen MR) is 211 cm³/mol. The maximum Gasteiger partial charge on any atom is 0.0633 e. The number of rotatable bonds is 3. The van der Waals surface area contributed by atoms with Crippen LogP contribution in [0.1, 0.15) is 0 Å². The average molecular weight is 641 g/mol. The monoisotopic (exact) mass is 640 g/mol. The van der Waals surface area contributed by atoms with Crippen molar-refractivity contribution in [3.63, 3.8) is 0 Å². The maximum absolute atomic E-state index is 2.48. The molecule has 0 unspecified atom stereocenters. The summed E-state index contributed by atoms with van der Waals surface area (Å²) in [5.41, 5.74) is 9.73. The van der Waals surface area contributed by atoms with Crippen molar-refractivity contribution < 1.29 is 0 Å². The second-order valence-electron chi connectivity index (χ2n) is 12.9. The molecule has 8 aromatic carbocycles. The van der Waals surface area contributed by atoms with Crippen molar-refractivity contribution in [1.29, 1.82) is 0 Å². The smallest absolute Gasteiger partial charge is 0.0633 e. The van der Waals surface area contributed by atoms with Crippen LogP contribution in [0.4, 0.5) is 0 Å². The second-order valence-corrected chi connectivity index (χ2v) is 14.0. The van der Waals surface area contributed by atoms with Gasteiger partial charge in [0.2, 0.25) is 0 Å². The lowest BCUT2D eigenvalue weighted by Crippen LogP contribution is -1.94. The van der Waals surface area contributed by atoms with Crippen molar-refractivity contribution in [1.82, 2.24) is 9.13 Å². The third-order valence-corrected chi connectivity index (χ3v) is 11.5. The molecule has 0 saturated carbocycles. The summed E-state index contributed by atoms with van der Waals surface area (Å²) >= 11 is 1.91. The summed E-state index contributed by atoms with van der Waals surface area (Å²) in [7, 11) is 0. The van der Waals surface area contributed by atoms with E-state index in [1.54, 1.807) is 0 Å². The van der Waals surface area contributed by atoms with Crippen LogP contribution >= 0.6 is 11.3 Å². The van der Waals surface area contributed by atoms with Gasteiger partial charge in [0.05, 0.1) is 22.1 Å². The molecule has 0 fully saturated rings. The van der Waals surface area contributed by atoms with Crippen molar-refractivity contribution in [3.05, 3.63) is 170 Å². The van der Waals surface area contributed by atoms with Crippen LogP contribution in [-0.4, -0.2) is 9.13 Å². The van der Waals surface area contributed by atoms with E-state index in [0.29, 0.717) is 0 Å². The Hall–Kier alpha value is -6.16. The van der Waals surface area contributed by atoms with E-state index in [9.17, 15) is 0 Å². The van der Waals surface area contributed by atoms with Crippen LogP contribution < -0.4 is 0 Å². The van der Waals surface area contributed by atoms with Crippen LogP contribution in [0.2, 0.25) is 0 Å².